The zero-order valence-electron chi connectivity index (χ0n) is 14.2. The summed E-state index contributed by atoms with van der Waals surface area (Å²) in [6, 6.07) is 7.43. The maximum atomic E-state index is 12.4. The van der Waals surface area contributed by atoms with Crippen LogP contribution in [0.3, 0.4) is 0 Å². The summed E-state index contributed by atoms with van der Waals surface area (Å²) in [6.07, 6.45) is 0.103. The van der Waals surface area contributed by atoms with Crippen LogP contribution >= 0.6 is 0 Å². The monoisotopic (exact) mass is 348 g/mol. The number of phenols is 1. The Labute approximate surface area is 144 Å². The molecule has 25 heavy (non-hydrogen) atoms. The fourth-order valence-electron chi connectivity index (χ4n) is 2.28. The molecule has 0 aliphatic heterocycles. The van der Waals surface area contributed by atoms with Crippen molar-refractivity contribution < 1.29 is 33.7 Å². The zero-order chi connectivity index (χ0) is 18.6. The number of esters is 2. The van der Waals surface area contributed by atoms with Gasteiger partial charge >= 0.3 is 11.9 Å². The van der Waals surface area contributed by atoms with Crippen molar-refractivity contribution in [3.05, 3.63) is 53.5 Å². The van der Waals surface area contributed by atoms with Crippen LogP contribution in [0.2, 0.25) is 0 Å². The Hall–Kier alpha value is -2.80. The van der Waals surface area contributed by atoms with E-state index in [1.165, 1.54) is 45.4 Å². The van der Waals surface area contributed by atoms with Crippen molar-refractivity contribution >= 4 is 11.9 Å². The fraction of sp³-hybridized carbons (Fsp3) is 0.333. The summed E-state index contributed by atoms with van der Waals surface area (Å²) in [5.74, 6) is -1.14. The van der Waals surface area contributed by atoms with Crippen molar-refractivity contribution in [2.75, 3.05) is 7.11 Å². The maximum absolute atomic E-state index is 12.4. The summed E-state index contributed by atoms with van der Waals surface area (Å²) in [4.78, 5) is 24.0. The van der Waals surface area contributed by atoms with Crippen LogP contribution in [0.4, 0.5) is 0 Å². The van der Waals surface area contributed by atoms with Gasteiger partial charge in [0.25, 0.3) is 0 Å². The van der Waals surface area contributed by atoms with Gasteiger partial charge in [0.05, 0.1) is 24.9 Å². The van der Waals surface area contributed by atoms with Gasteiger partial charge in [-0.25, -0.2) is 4.79 Å². The highest BCUT2D eigenvalue weighted by molar-refractivity contribution is 5.90. The number of ether oxygens (including phenoxy) is 2. The maximum Gasteiger partial charge on any atom is 0.341 e. The van der Waals surface area contributed by atoms with Crippen molar-refractivity contribution in [3.8, 4) is 5.75 Å². The second-order valence-corrected chi connectivity index (χ2v) is 6.04. The lowest BCUT2D eigenvalue weighted by molar-refractivity contribution is -0.163. The van der Waals surface area contributed by atoms with Crippen LogP contribution in [-0.2, 0) is 20.9 Å². The molecule has 0 saturated heterocycles. The number of hydrogen-bond donors (Lipinski definition) is 2. The molecule has 0 unspecified atom stereocenters. The Balaban J connectivity index is 2.09. The first-order valence-electron chi connectivity index (χ1n) is 7.56. The normalized spacial score (nSPS) is 12.5. The summed E-state index contributed by atoms with van der Waals surface area (Å²) in [5.41, 5.74) is -0.733. The minimum absolute atomic E-state index is 0.0148. The van der Waals surface area contributed by atoms with Crippen LogP contribution in [0.25, 0.3) is 0 Å². The van der Waals surface area contributed by atoms with Crippen molar-refractivity contribution in [3.63, 3.8) is 0 Å². The Bertz CT molecular complexity index is 760. The third kappa shape index (κ3) is 4.00. The van der Waals surface area contributed by atoms with Crippen molar-refractivity contribution in [1.29, 1.82) is 0 Å². The lowest BCUT2D eigenvalue weighted by Crippen LogP contribution is -2.33. The average molecular weight is 348 g/mol. The number of rotatable bonds is 6. The van der Waals surface area contributed by atoms with Gasteiger partial charge in [-0.05, 0) is 37.6 Å². The molecule has 0 aliphatic rings. The lowest BCUT2D eigenvalue weighted by atomic mass is 9.82. The molecule has 2 rings (SSSR count). The summed E-state index contributed by atoms with van der Waals surface area (Å²) < 4.78 is 14.9. The zero-order valence-corrected chi connectivity index (χ0v) is 14.2. The first kappa shape index (κ1) is 18.5. The first-order valence-corrected chi connectivity index (χ1v) is 7.56. The summed E-state index contributed by atoms with van der Waals surface area (Å²) in [6.45, 7) is 2.77. The second-order valence-electron chi connectivity index (χ2n) is 6.04. The number of carbonyl (C=O) groups is 2. The van der Waals surface area contributed by atoms with E-state index in [1.807, 2.05) is 0 Å². The molecule has 0 radical (unpaired) electrons. The van der Waals surface area contributed by atoms with Gasteiger partial charge in [0, 0.05) is 0 Å². The van der Waals surface area contributed by atoms with Crippen LogP contribution < -0.4 is 0 Å². The topological polar surface area (TPSA) is 106 Å². The highest BCUT2D eigenvalue weighted by atomic mass is 16.5. The van der Waals surface area contributed by atoms with Crippen molar-refractivity contribution in [1.82, 2.24) is 0 Å². The van der Waals surface area contributed by atoms with Crippen LogP contribution in [0.5, 0.6) is 5.75 Å². The minimum atomic E-state index is -1.29. The third-order valence-electron chi connectivity index (χ3n) is 3.88. The predicted octanol–water partition coefficient (Wildman–Crippen LogP) is 2.57. The molecule has 0 bridgehead atoms. The molecule has 7 nitrogen and oxygen atoms in total. The van der Waals surface area contributed by atoms with E-state index in [4.69, 9.17) is 9.15 Å². The molecule has 7 heteroatoms. The van der Waals surface area contributed by atoms with Crippen LogP contribution in [0.15, 0.2) is 41.0 Å². The number of benzene rings is 1. The third-order valence-corrected chi connectivity index (χ3v) is 3.88. The number of carbonyl (C=O) groups excluding carboxylic acids is 2. The SMILES string of the molecule is COC(=O)c1ccoc1COC(=O)C(C)(C)[C@H](O)c1cccc(O)c1. The highest BCUT2D eigenvalue weighted by Gasteiger charge is 2.38. The number of phenolic OH excluding ortho intramolecular Hbond substituents is 1. The smallest absolute Gasteiger partial charge is 0.341 e. The molecule has 0 fully saturated rings. The van der Waals surface area contributed by atoms with Gasteiger partial charge in [0.1, 0.15) is 17.9 Å². The highest BCUT2D eigenvalue weighted by Crippen LogP contribution is 2.35. The molecule has 0 aliphatic carbocycles. The van der Waals surface area contributed by atoms with E-state index in [9.17, 15) is 19.8 Å². The van der Waals surface area contributed by atoms with Crippen LogP contribution in [0, 0.1) is 5.41 Å². The van der Waals surface area contributed by atoms with E-state index in [1.54, 1.807) is 12.1 Å². The van der Waals surface area contributed by atoms with E-state index in [2.05, 4.69) is 4.74 Å². The van der Waals surface area contributed by atoms with E-state index >= 15 is 0 Å². The second kappa shape index (κ2) is 7.40. The number of methoxy groups -OCH3 is 1. The Kier molecular flexibility index (Phi) is 5.48. The standard InChI is InChI=1S/C18H20O7/c1-18(2,15(20)11-5-4-6-12(19)9-11)17(22)25-10-14-13(7-8-24-14)16(21)23-3/h4-9,15,19-20H,10H2,1-3H3/t15-/m1/s1. The molecule has 1 heterocycles. The number of furan rings is 1. The molecule has 0 amide bonds. The quantitative estimate of drug-likeness (QED) is 0.773. The van der Waals surface area contributed by atoms with Gasteiger partial charge in [0.2, 0.25) is 0 Å². The Morgan fingerprint density at radius 2 is 2.00 bits per heavy atom. The molecular formula is C18H20O7. The van der Waals surface area contributed by atoms with Crippen LogP contribution in [-0.4, -0.2) is 29.3 Å². The molecule has 1 atom stereocenters. The summed E-state index contributed by atoms with van der Waals surface area (Å²) >= 11 is 0. The van der Waals surface area contributed by atoms with Gasteiger partial charge in [-0.3, -0.25) is 4.79 Å². The number of aromatic hydroxyl groups is 1. The number of hydrogen-bond acceptors (Lipinski definition) is 7. The minimum Gasteiger partial charge on any atom is -0.508 e. The Morgan fingerprint density at radius 3 is 2.64 bits per heavy atom. The average Bonchev–Trinajstić information content (AvgIpc) is 3.06. The van der Waals surface area contributed by atoms with Gasteiger partial charge in [-0.2, -0.15) is 0 Å². The van der Waals surface area contributed by atoms with E-state index in [-0.39, 0.29) is 23.7 Å². The molecule has 1 aromatic heterocycles. The summed E-state index contributed by atoms with van der Waals surface area (Å²) in [5, 5.41) is 20.0. The van der Waals surface area contributed by atoms with Crippen molar-refractivity contribution in [2.45, 2.75) is 26.6 Å². The molecule has 0 spiro atoms. The molecular weight excluding hydrogens is 328 g/mol. The number of aliphatic hydroxyl groups is 1. The van der Waals surface area contributed by atoms with Gasteiger partial charge in [-0.15, -0.1) is 0 Å². The fourth-order valence-corrected chi connectivity index (χ4v) is 2.28. The van der Waals surface area contributed by atoms with E-state index in [0.717, 1.165) is 0 Å². The molecule has 1 aromatic carbocycles. The largest absolute Gasteiger partial charge is 0.508 e. The first-order chi connectivity index (χ1) is 11.8. The van der Waals surface area contributed by atoms with E-state index in [0.29, 0.717) is 5.56 Å². The molecule has 2 N–H and O–H groups in total. The summed E-state index contributed by atoms with van der Waals surface area (Å²) in [7, 11) is 1.24. The molecule has 2 aromatic rings. The molecule has 134 valence electrons. The lowest BCUT2D eigenvalue weighted by Gasteiger charge is -2.28. The predicted molar refractivity (Wildman–Crippen MR) is 86.7 cm³/mol. The number of aliphatic hydroxyl groups excluding tert-OH is 1. The van der Waals surface area contributed by atoms with Crippen molar-refractivity contribution in [2.24, 2.45) is 5.41 Å². The van der Waals surface area contributed by atoms with Gasteiger partial charge in [-0.1, -0.05) is 12.1 Å². The van der Waals surface area contributed by atoms with Crippen LogP contribution in [0.1, 0.15) is 41.6 Å². The van der Waals surface area contributed by atoms with Gasteiger partial charge in [0.15, 0.2) is 5.76 Å². The Morgan fingerprint density at radius 1 is 1.28 bits per heavy atom. The van der Waals surface area contributed by atoms with Gasteiger partial charge < -0.3 is 24.1 Å². The molecule has 0 saturated carbocycles. The van der Waals surface area contributed by atoms with E-state index < -0.39 is 23.5 Å².